The lowest BCUT2D eigenvalue weighted by Gasteiger charge is -2.07. The second-order valence-electron chi connectivity index (χ2n) is 3.62. The van der Waals surface area contributed by atoms with Gasteiger partial charge < -0.3 is 15.0 Å². The average Bonchev–Trinajstić information content (AvgIpc) is 2.70. The van der Waals surface area contributed by atoms with Gasteiger partial charge in [0.2, 0.25) is 0 Å². The zero-order chi connectivity index (χ0) is 12.4. The third-order valence-electron chi connectivity index (χ3n) is 2.38. The minimum Gasteiger partial charge on any atom is -0.506 e. The summed E-state index contributed by atoms with van der Waals surface area (Å²) in [6.45, 7) is 0. The van der Waals surface area contributed by atoms with Crippen LogP contribution in [0.4, 0.5) is 5.69 Å². The highest BCUT2D eigenvalue weighted by Crippen LogP contribution is 2.26. The van der Waals surface area contributed by atoms with Crippen LogP contribution in [-0.4, -0.2) is 15.6 Å². The molecule has 0 aliphatic rings. The SMILES string of the molecule is Cn1cccc1C(=O)Nc1ccc(O)c(Cl)c1. The number of amides is 1. The van der Waals surface area contributed by atoms with Crippen LogP contribution in [0.15, 0.2) is 36.5 Å². The van der Waals surface area contributed by atoms with Gasteiger partial charge in [0.1, 0.15) is 11.4 Å². The van der Waals surface area contributed by atoms with Crippen LogP contribution in [0.25, 0.3) is 0 Å². The van der Waals surface area contributed by atoms with E-state index in [1.54, 1.807) is 36.0 Å². The number of anilines is 1. The Morgan fingerprint density at radius 2 is 2.18 bits per heavy atom. The Morgan fingerprint density at radius 1 is 1.41 bits per heavy atom. The molecule has 0 radical (unpaired) electrons. The molecule has 0 bridgehead atoms. The van der Waals surface area contributed by atoms with Crippen molar-refractivity contribution in [1.82, 2.24) is 4.57 Å². The second-order valence-corrected chi connectivity index (χ2v) is 4.03. The third kappa shape index (κ3) is 2.42. The summed E-state index contributed by atoms with van der Waals surface area (Å²) in [6, 6.07) is 8.03. The van der Waals surface area contributed by atoms with E-state index in [9.17, 15) is 9.90 Å². The van der Waals surface area contributed by atoms with Gasteiger partial charge >= 0.3 is 0 Å². The van der Waals surface area contributed by atoms with Crippen LogP contribution in [0.1, 0.15) is 10.5 Å². The Hall–Kier alpha value is -1.94. The van der Waals surface area contributed by atoms with Gasteiger partial charge in [-0.1, -0.05) is 11.6 Å². The predicted octanol–water partition coefficient (Wildman–Crippen LogP) is 2.64. The lowest BCUT2D eigenvalue weighted by Crippen LogP contribution is -2.15. The highest BCUT2D eigenvalue weighted by atomic mass is 35.5. The fraction of sp³-hybridized carbons (Fsp3) is 0.0833. The smallest absolute Gasteiger partial charge is 0.272 e. The van der Waals surface area contributed by atoms with Crippen molar-refractivity contribution in [3.63, 3.8) is 0 Å². The van der Waals surface area contributed by atoms with Gasteiger partial charge in [0.05, 0.1) is 5.02 Å². The van der Waals surface area contributed by atoms with Gasteiger partial charge in [-0.25, -0.2) is 0 Å². The van der Waals surface area contributed by atoms with Crippen LogP contribution in [0.2, 0.25) is 5.02 Å². The zero-order valence-corrected chi connectivity index (χ0v) is 9.90. The number of hydrogen-bond acceptors (Lipinski definition) is 2. The quantitative estimate of drug-likeness (QED) is 0.805. The molecular formula is C12H11ClN2O2. The minimum atomic E-state index is -0.223. The normalized spacial score (nSPS) is 10.2. The van der Waals surface area contributed by atoms with Crippen LogP contribution in [0, 0.1) is 0 Å². The largest absolute Gasteiger partial charge is 0.506 e. The van der Waals surface area contributed by atoms with Gasteiger partial charge in [0.25, 0.3) is 5.91 Å². The van der Waals surface area contributed by atoms with E-state index in [4.69, 9.17) is 11.6 Å². The molecule has 2 aromatic rings. The number of halogens is 1. The summed E-state index contributed by atoms with van der Waals surface area (Å²) in [7, 11) is 1.79. The van der Waals surface area contributed by atoms with Crippen LogP contribution >= 0.6 is 11.6 Å². The van der Waals surface area contributed by atoms with E-state index in [0.29, 0.717) is 11.4 Å². The average molecular weight is 251 g/mol. The Labute approximate surface area is 103 Å². The van der Waals surface area contributed by atoms with Gasteiger partial charge in [-0.05, 0) is 30.3 Å². The summed E-state index contributed by atoms with van der Waals surface area (Å²) < 4.78 is 1.72. The number of carbonyl (C=O) groups is 1. The maximum absolute atomic E-state index is 11.9. The molecule has 88 valence electrons. The predicted molar refractivity (Wildman–Crippen MR) is 66.5 cm³/mol. The zero-order valence-electron chi connectivity index (χ0n) is 9.14. The van der Waals surface area contributed by atoms with Crippen LogP contribution in [0.3, 0.4) is 0 Å². The lowest BCUT2D eigenvalue weighted by atomic mass is 10.3. The number of aryl methyl sites for hydroxylation is 1. The summed E-state index contributed by atoms with van der Waals surface area (Å²) in [6.07, 6.45) is 1.79. The van der Waals surface area contributed by atoms with Gasteiger partial charge in [-0.3, -0.25) is 4.79 Å². The molecule has 1 aromatic heterocycles. The molecule has 0 unspecified atom stereocenters. The van der Waals surface area contributed by atoms with Crippen LogP contribution < -0.4 is 5.32 Å². The van der Waals surface area contributed by atoms with E-state index in [1.165, 1.54) is 12.1 Å². The van der Waals surface area contributed by atoms with Crippen molar-refractivity contribution >= 4 is 23.2 Å². The molecule has 0 spiro atoms. The molecule has 0 aliphatic heterocycles. The van der Waals surface area contributed by atoms with Gasteiger partial charge in [-0.2, -0.15) is 0 Å². The molecular weight excluding hydrogens is 240 g/mol. The van der Waals surface area contributed by atoms with Gasteiger partial charge in [-0.15, -0.1) is 0 Å². The van der Waals surface area contributed by atoms with E-state index in [2.05, 4.69) is 5.32 Å². The number of carbonyl (C=O) groups excluding carboxylic acids is 1. The molecule has 1 aromatic carbocycles. The van der Waals surface area contributed by atoms with Gasteiger partial charge in [0.15, 0.2) is 0 Å². The number of phenolic OH excluding ortho intramolecular Hbond substituents is 1. The molecule has 1 amide bonds. The van der Waals surface area contributed by atoms with Crippen molar-refractivity contribution in [2.45, 2.75) is 0 Å². The molecule has 0 fully saturated rings. The van der Waals surface area contributed by atoms with Crippen LogP contribution in [-0.2, 0) is 7.05 Å². The topological polar surface area (TPSA) is 54.3 Å². The molecule has 17 heavy (non-hydrogen) atoms. The summed E-state index contributed by atoms with van der Waals surface area (Å²) in [5, 5.41) is 12.2. The number of aromatic hydroxyl groups is 1. The Bertz CT molecular complexity index is 563. The molecule has 0 aliphatic carbocycles. The molecule has 0 atom stereocenters. The molecule has 0 saturated carbocycles. The number of hydrogen-bond donors (Lipinski definition) is 2. The molecule has 4 nitrogen and oxygen atoms in total. The number of nitrogens with one attached hydrogen (secondary N) is 1. The number of rotatable bonds is 2. The Morgan fingerprint density at radius 3 is 2.76 bits per heavy atom. The van der Waals surface area contributed by atoms with E-state index in [1.807, 2.05) is 0 Å². The van der Waals surface area contributed by atoms with Crippen molar-refractivity contribution in [3.05, 3.63) is 47.2 Å². The van der Waals surface area contributed by atoms with E-state index < -0.39 is 0 Å². The Kier molecular flexibility index (Phi) is 3.06. The molecule has 2 rings (SSSR count). The Balaban J connectivity index is 2.19. The number of benzene rings is 1. The fourth-order valence-electron chi connectivity index (χ4n) is 1.48. The number of nitrogens with zero attached hydrogens (tertiary/aromatic N) is 1. The summed E-state index contributed by atoms with van der Waals surface area (Å²) in [5.41, 5.74) is 1.09. The van der Waals surface area contributed by atoms with Crippen molar-refractivity contribution in [1.29, 1.82) is 0 Å². The first kappa shape index (κ1) is 11.5. The lowest BCUT2D eigenvalue weighted by molar-refractivity contribution is 0.101. The molecule has 0 saturated heterocycles. The maximum Gasteiger partial charge on any atom is 0.272 e. The maximum atomic E-state index is 11.9. The highest BCUT2D eigenvalue weighted by Gasteiger charge is 2.09. The van der Waals surface area contributed by atoms with E-state index >= 15 is 0 Å². The first-order chi connectivity index (χ1) is 8.08. The second kappa shape index (κ2) is 4.51. The summed E-state index contributed by atoms with van der Waals surface area (Å²) >= 11 is 5.75. The van der Waals surface area contributed by atoms with Gasteiger partial charge in [0, 0.05) is 18.9 Å². The number of aromatic nitrogens is 1. The fourth-order valence-corrected chi connectivity index (χ4v) is 1.66. The van der Waals surface area contributed by atoms with E-state index in [0.717, 1.165) is 0 Å². The third-order valence-corrected chi connectivity index (χ3v) is 2.68. The first-order valence-electron chi connectivity index (χ1n) is 4.99. The monoisotopic (exact) mass is 250 g/mol. The number of phenols is 1. The van der Waals surface area contributed by atoms with E-state index in [-0.39, 0.29) is 16.7 Å². The van der Waals surface area contributed by atoms with Crippen molar-refractivity contribution < 1.29 is 9.90 Å². The van der Waals surface area contributed by atoms with Crippen molar-refractivity contribution in [3.8, 4) is 5.75 Å². The van der Waals surface area contributed by atoms with Crippen molar-refractivity contribution in [2.24, 2.45) is 7.05 Å². The van der Waals surface area contributed by atoms with Crippen LogP contribution in [0.5, 0.6) is 5.75 Å². The highest BCUT2D eigenvalue weighted by molar-refractivity contribution is 6.32. The molecule has 1 heterocycles. The van der Waals surface area contributed by atoms with Crippen molar-refractivity contribution in [2.75, 3.05) is 5.32 Å². The molecule has 2 N–H and O–H groups in total. The summed E-state index contributed by atoms with van der Waals surface area (Å²) in [4.78, 5) is 11.9. The molecule has 5 heteroatoms. The minimum absolute atomic E-state index is 0.0106. The summed E-state index contributed by atoms with van der Waals surface area (Å²) in [5.74, 6) is -0.234. The standard InChI is InChI=1S/C12H11ClN2O2/c1-15-6-2-3-10(15)12(17)14-8-4-5-11(16)9(13)7-8/h2-7,16H,1H3,(H,14,17). The first-order valence-corrected chi connectivity index (χ1v) is 5.37.